The minimum Gasteiger partial charge on any atom is -0.438 e. The van der Waals surface area contributed by atoms with Crippen LogP contribution in [0.4, 0.5) is 0 Å². The summed E-state index contributed by atoms with van der Waals surface area (Å²) in [6, 6.07) is 7.45. The van der Waals surface area contributed by atoms with Crippen molar-refractivity contribution in [2.24, 2.45) is 0 Å². The van der Waals surface area contributed by atoms with Gasteiger partial charge in [0.05, 0.1) is 0 Å². The lowest BCUT2D eigenvalue weighted by molar-refractivity contribution is 0.0501. The molecule has 0 fully saturated rings. The molecule has 0 amide bonds. The van der Waals surface area contributed by atoms with E-state index in [0.29, 0.717) is 11.5 Å². The molecule has 2 rings (SSSR count). The van der Waals surface area contributed by atoms with Crippen molar-refractivity contribution in [1.82, 2.24) is 4.98 Å². The van der Waals surface area contributed by atoms with Gasteiger partial charge in [-0.3, -0.25) is 0 Å². The number of aliphatic hydroxyl groups is 1. The Morgan fingerprint density at radius 3 is 2.62 bits per heavy atom. The Morgan fingerprint density at radius 1 is 1.31 bits per heavy atom. The van der Waals surface area contributed by atoms with Gasteiger partial charge in [-0.25, -0.2) is 4.98 Å². The van der Waals surface area contributed by atoms with Crippen molar-refractivity contribution in [2.75, 3.05) is 0 Å². The van der Waals surface area contributed by atoms with Crippen molar-refractivity contribution in [3.8, 4) is 0 Å². The first kappa shape index (κ1) is 8.26. The Balaban J connectivity index is 2.63. The second kappa shape index (κ2) is 2.57. The highest BCUT2D eigenvalue weighted by Gasteiger charge is 2.22. The number of benzene rings is 1. The highest BCUT2D eigenvalue weighted by Crippen LogP contribution is 2.23. The van der Waals surface area contributed by atoms with Gasteiger partial charge in [-0.1, -0.05) is 12.1 Å². The topological polar surface area (TPSA) is 46.3 Å². The van der Waals surface area contributed by atoms with Crippen molar-refractivity contribution in [3.63, 3.8) is 0 Å². The summed E-state index contributed by atoms with van der Waals surface area (Å²) >= 11 is 0. The lowest BCUT2D eigenvalue weighted by atomic mass is 10.1. The number of aromatic nitrogens is 1. The van der Waals surface area contributed by atoms with Gasteiger partial charge in [-0.15, -0.1) is 0 Å². The van der Waals surface area contributed by atoms with Crippen LogP contribution in [0, 0.1) is 0 Å². The first-order valence-corrected chi connectivity index (χ1v) is 4.16. The van der Waals surface area contributed by atoms with E-state index in [-0.39, 0.29) is 0 Å². The van der Waals surface area contributed by atoms with E-state index >= 15 is 0 Å². The molecule has 0 unspecified atom stereocenters. The molecule has 0 saturated carbocycles. The average Bonchev–Trinajstić information content (AvgIpc) is 2.45. The van der Waals surface area contributed by atoms with Crippen LogP contribution in [-0.4, -0.2) is 10.1 Å². The number of hydrogen-bond acceptors (Lipinski definition) is 3. The Hall–Kier alpha value is -1.35. The molecule has 0 spiro atoms. The molecular formula is C10H11NO2. The lowest BCUT2D eigenvalue weighted by Crippen LogP contribution is -2.15. The summed E-state index contributed by atoms with van der Waals surface area (Å²) in [4.78, 5) is 4.17. The highest BCUT2D eigenvalue weighted by atomic mass is 16.4. The van der Waals surface area contributed by atoms with Crippen LogP contribution in [-0.2, 0) is 5.60 Å². The fourth-order valence-corrected chi connectivity index (χ4v) is 1.13. The standard InChI is InChI=1S/C10H11NO2/c1-10(2,12)9-11-7-5-3-4-6-8(7)13-9/h3-6,12H,1-2H3. The Labute approximate surface area is 76.0 Å². The minimum atomic E-state index is -1.01. The van der Waals surface area contributed by atoms with Crippen LogP contribution in [0.25, 0.3) is 11.1 Å². The average molecular weight is 177 g/mol. The van der Waals surface area contributed by atoms with Crippen LogP contribution in [0.1, 0.15) is 19.7 Å². The largest absolute Gasteiger partial charge is 0.438 e. The maximum absolute atomic E-state index is 9.63. The van der Waals surface area contributed by atoms with Gasteiger partial charge in [0.15, 0.2) is 5.58 Å². The third-order valence-electron chi connectivity index (χ3n) is 1.82. The molecule has 3 nitrogen and oxygen atoms in total. The van der Waals surface area contributed by atoms with Crippen molar-refractivity contribution in [2.45, 2.75) is 19.4 Å². The van der Waals surface area contributed by atoms with E-state index in [1.54, 1.807) is 13.8 Å². The summed E-state index contributed by atoms with van der Waals surface area (Å²) < 4.78 is 5.37. The van der Waals surface area contributed by atoms with Gasteiger partial charge in [0, 0.05) is 0 Å². The van der Waals surface area contributed by atoms with Gasteiger partial charge in [0.25, 0.3) is 0 Å². The molecule has 2 aromatic rings. The number of hydrogen-bond donors (Lipinski definition) is 1. The van der Waals surface area contributed by atoms with Crippen molar-refractivity contribution < 1.29 is 9.52 Å². The second-order valence-corrected chi connectivity index (χ2v) is 3.55. The first-order valence-electron chi connectivity index (χ1n) is 4.16. The number of para-hydroxylation sites is 2. The summed E-state index contributed by atoms with van der Waals surface area (Å²) in [6.45, 7) is 3.30. The van der Waals surface area contributed by atoms with E-state index < -0.39 is 5.60 Å². The van der Waals surface area contributed by atoms with Gasteiger partial charge in [0.1, 0.15) is 11.1 Å². The van der Waals surface area contributed by atoms with Gasteiger partial charge >= 0.3 is 0 Å². The molecule has 1 heterocycles. The predicted octanol–water partition coefficient (Wildman–Crippen LogP) is 2.06. The summed E-state index contributed by atoms with van der Waals surface area (Å²) in [6.07, 6.45) is 0. The van der Waals surface area contributed by atoms with Gasteiger partial charge in [0.2, 0.25) is 5.89 Å². The summed E-state index contributed by atoms with van der Waals surface area (Å²) in [5.41, 5.74) is 0.471. The zero-order chi connectivity index (χ0) is 9.47. The van der Waals surface area contributed by atoms with E-state index in [1.165, 1.54) is 0 Å². The SMILES string of the molecule is CC(C)(O)c1nc2ccccc2o1. The molecule has 1 N–H and O–H groups in total. The number of fused-ring (bicyclic) bond motifs is 1. The molecule has 0 radical (unpaired) electrons. The smallest absolute Gasteiger partial charge is 0.226 e. The number of oxazole rings is 1. The van der Waals surface area contributed by atoms with E-state index in [1.807, 2.05) is 24.3 Å². The number of nitrogens with zero attached hydrogens (tertiary/aromatic N) is 1. The maximum atomic E-state index is 9.63. The number of rotatable bonds is 1. The lowest BCUT2D eigenvalue weighted by Gasteiger charge is -2.10. The van der Waals surface area contributed by atoms with Crippen LogP contribution >= 0.6 is 0 Å². The third-order valence-corrected chi connectivity index (χ3v) is 1.82. The van der Waals surface area contributed by atoms with Gasteiger partial charge in [-0.2, -0.15) is 0 Å². The molecule has 0 saturated heterocycles. The normalized spacial score (nSPS) is 12.2. The summed E-state index contributed by atoms with van der Waals surface area (Å²) in [5, 5.41) is 9.63. The van der Waals surface area contributed by atoms with Crippen LogP contribution in [0.3, 0.4) is 0 Å². The minimum absolute atomic E-state index is 0.355. The molecule has 3 heteroatoms. The molecule has 0 aliphatic carbocycles. The Bertz CT molecular complexity index is 393. The molecular weight excluding hydrogens is 166 g/mol. The van der Waals surface area contributed by atoms with Crippen LogP contribution < -0.4 is 0 Å². The molecule has 0 atom stereocenters. The predicted molar refractivity (Wildman–Crippen MR) is 49.3 cm³/mol. The van der Waals surface area contributed by atoms with E-state index in [9.17, 15) is 5.11 Å². The molecule has 1 aromatic carbocycles. The highest BCUT2D eigenvalue weighted by molar-refractivity contribution is 5.72. The maximum Gasteiger partial charge on any atom is 0.226 e. The van der Waals surface area contributed by atoms with Crippen LogP contribution in [0.5, 0.6) is 0 Å². The van der Waals surface area contributed by atoms with E-state index in [0.717, 1.165) is 5.52 Å². The fraction of sp³-hybridized carbons (Fsp3) is 0.300. The first-order chi connectivity index (χ1) is 6.07. The fourth-order valence-electron chi connectivity index (χ4n) is 1.13. The van der Waals surface area contributed by atoms with E-state index in [4.69, 9.17) is 4.42 Å². The summed E-state index contributed by atoms with van der Waals surface area (Å²) in [5.74, 6) is 0.355. The molecule has 0 aliphatic rings. The molecule has 1 aromatic heterocycles. The van der Waals surface area contributed by atoms with Crippen molar-refractivity contribution in [3.05, 3.63) is 30.2 Å². The van der Waals surface area contributed by atoms with Crippen molar-refractivity contribution >= 4 is 11.1 Å². The second-order valence-electron chi connectivity index (χ2n) is 3.55. The van der Waals surface area contributed by atoms with E-state index in [2.05, 4.69) is 4.98 Å². The van der Waals surface area contributed by atoms with Crippen LogP contribution in [0.2, 0.25) is 0 Å². The van der Waals surface area contributed by atoms with Gasteiger partial charge in [-0.05, 0) is 26.0 Å². The summed E-state index contributed by atoms with van der Waals surface area (Å²) in [7, 11) is 0. The zero-order valence-electron chi connectivity index (χ0n) is 7.61. The van der Waals surface area contributed by atoms with Gasteiger partial charge < -0.3 is 9.52 Å². The molecule has 0 bridgehead atoms. The Morgan fingerprint density at radius 2 is 2.00 bits per heavy atom. The van der Waals surface area contributed by atoms with Crippen molar-refractivity contribution in [1.29, 1.82) is 0 Å². The third kappa shape index (κ3) is 1.42. The molecule has 13 heavy (non-hydrogen) atoms. The monoisotopic (exact) mass is 177 g/mol. The van der Waals surface area contributed by atoms with Crippen LogP contribution in [0.15, 0.2) is 28.7 Å². The molecule has 0 aliphatic heterocycles. The quantitative estimate of drug-likeness (QED) is 0.725. The Kier molecular flexibility index (Phi) is 1.63. The zero-order valence-corrected chi connectivity index (χ0v) is 7.61. The molecule has 68 valence electrons.